The van der Waals surface area contributed by atoms with Gasteiger partial charge in [-0.15, -0.1) is 0 Å². The Labute approximate surface area is 197 Å². The number of benzene rings is 1. The fourth-order valence-corrected chi connectivity index (χ4v) is 5.02. The molecule has 1 saturated heterocycles. The van der Waals surface area contributed by atoms with Gasteiger partial charge in [0.2, 0.25) is 5.95 Å². The Morgan fingerprint density at radius 2 is 1.97 bits per heavy atom. The van der Waals surface area contributed by atoms with Gasteiger partial charge in [0, 0.05) is 49.0 Å². The molecule has 0 radical (unpaired) electrons. The molecule has 3 aromatic rings. The van der Waals surface area contributed by atoms with Gasteiger partial charge in [0.05, 0.1) is 5.69 Å². The number of nitrogens with one attached hydrogen (secondary N) is 1. The van der Waals surface area contributed by atoms with Crippen molar-refractivity contribution in [3.05, 3.63) is 52.2 Å². The number of hydrogen-bond acceptors (Lipinski definition) is 7. The molecule has 0 atom stereocenters. The molecule has 0 amide bonds. The van der Waals surface area contributed by atoms with Crippen molar-refractivity contribution in [2.24, 2.45) is 0 Å². The summed E-state index contributed by atoms with van der Waals surface area (Å²) in [5.74, 6) is -0.0204. The minimum atomic E-state index is -0.329. The summed E-state index contributed by atoms with van der Waals surface area (Å²) in [6.45, 7) is 5.43. The fourth-order valence-electron chi connectivity index (χ4n) is 5.02. The van der Waals surface area contributed by atoms with Crippen LogP contribution in [0.2, 0.25) is 0 Å². The van der Waals surface area contributed by atoms with E-state index in [0.717, 1.165) is 51.9 Å². The Morgan fingerprint density at radius 3 is 2.59 bits per heavy atom. The maximum absolute atomic E-state index is 14.9. The van der Waals surface area contributed by atoms with Crippen molar-refractivity contribution in [3.8, 4) is 6.07 Å². The van der Waals surface area contributed by atoms with Crippen molar-refractivity contribution < 1.29 is 4.39 Å². The Balaban J connectivity index is 1.49. The van der Waals surface area contributed by atoms with Gasteiger partial charge >= 0.3 is 0 Å². The van der Waals surface area contributed by atoms with E-state index in [4.69, 9.17) is 0 Å². The molecule has 3 heterocycles. The second kappa shape index (κ2) is 8.69. The molecule has 0 unspecified atom stereocenters. The molecule has 5 rings (SSSR count). The molecule has 176 valence electrons. The molecule has 1 aliphatic heterocycles. The lowest BCUT2D eigenvalue weighted by atomic mass is 9.74. The average molecular weight is 462 g/mol. The highest BCUT2D eigenvalue weighted by Gasteiger charge is 2.39. The maximum atomic E-state index is 14.9. The second-order valence-electron chi connectivity index (χ2n) is 9.30. The summed E-state index contributed by atoms with van der Waals surface area (Å²) in [5.41, 5.74) is 1.07. The van der Waals surface area contributed by atoms with Crippen LogP contribution in [0, 0.1) is 17.1 Å². The molecule has 9 heteroatoms. The molecular formula is C25H28FN7O. The molecule has 2 fully saturated rings. The molecule has 0 bridgehead atoms. The lowest BCUT2D eigenvalue weighted by Gasteiger charge is -2.43. The lowest BCUT2D eigenvalue weighted by Crippen LogP contribution is -2.47. The number of piperazine rings is 1. The molecule has 8 nitrogen and oxygen atoms in total. The first-order valence-corrected chi connectivity index (χ1v) is 11.8. The van der Waals surface area contributed by atoms with Crippen LogP contribution >= 0.6 is 0 Å². The van der Waals surface area contributed by atoms with Gasteiger partial charge in [-0.3, -0.25) is 9.36 Å². The van der Waals surface area contributed by atoms with Crippen molar-refractivity contribution in [1.82, 2.24) is 19.4 Å². The molecule has 0 spiro atoms. The maximum Gasteiger partial charge on any atom is 0.270 e. The Hall–Kier alpha value is -3.51. The average Bonchev–Trinajstić information content (AvgIpc) is 2.81. The third-order valence-electron chi connectivity index (χ3n) is 7.33. The van der Waals surface area contributed by atoms with Crippen molar-refractivity contribution >= 4 is 28.4 Å². The lowest BCUT2D eigenvalue weighted by molar-refractivity contribution is 0.136. The van der Waals surface area contributed by atoms with Gasteiger partial charge in [0.1, 0.15) is 23.1 Å². The van der Waals surface area contributed by atoms with E-state index < -0.39 is 0 Å². The molecule has 1 N–H and O–H groups in total. The van der Waals surface area contributed by atoms with Crippen LogP contribution in [0.15, 0.2) is 35.3 Å². The van der Waals surface area contributed by atoms with Crippen LogP contribution in [-0.4, -0.2) is 52.7 Å². The summed E-state index contributed by atoms with van der Waals surface area (Å²) >= 11 is 0. The molecule has 2 aromatic heterocycles. The zero-order chi connectivity index (χ0) is 23.9. The normalized spacial score (nSPS) is 17.9. The zero-order valence-electron chi connectivity index (χ0n) is 19.5. The minimum absolute atomic E-state index is 0.0955. The number of rotatable bonds is 5. The summed E-state index contributed by atoms with van der Waals surface area (Å²) in [6, 6.07) is 8.60. The van der Waals surface area contributed by atoms with Gasteiger partial charge in [-0.1, -0.05) is 6.92 Å². The monoisotopic (exact) mass is 461 g/mol. The van der Waals surface area contributed by atoms with E-state index in [9.17, 15) is 14.4 Å². The number of anilines is 3. The number of nitriles is 1. The van der Waals surface area contributed by atoms with Crippen molar-refractivity contribution in [2.75, 3.05) is 43.4 Å². The van der Waals surface area contributed by atoms with Gasteiger partial charge in [-0.05, 0) is 57.0 Å². The molecule has 1 saturated carbocycles. The van der Waals surface area contributed by atoms with Crippen LogP contribution in [-0.2, 0) is 5.54 Å². The fraction of sp³-hybridized carbons (Fsp3) is 0.440. The highest BCUT2D eigenvalue weighted by Crippen LogP contribution is 2.42. The highest BCUT2D eigenvalue weighted by atomic mass is 19.1. The van der Waals surface area contributed by atoms with Crippen molar-refractivity contribution in [2.45, 2.75) is 38.1 Å². The number of hydrogen-bond donors (Lipinski definition) is 1. The summed E-state index contributed by atoms with van der Waals surface area (Å²) in [6.07, 6.45) is 5.17. The van der Waals surface area contributed by atoms with Crippen LogP contribution in [0.3, 0.4) is 0 Å². The number of halogens is 1. The quantitative estimate of drug-likeness (QED) is 0.621. The minimum Gasteiger partial charge on any atom is -0.367 e. The summed E-state index contributed by atoms with van der Waals surface area (Å²) < 4.78 is 16.6. The van der Waals surface area contributed by atoms with E-state index in [-0.39, 0.29) is 28.4 Å². The van der Waals surface area contributed by atoms with E-state index in [2.05, 4.69) is 39.1 Å². The Morgan fingerprint density at radius 1 is 1.21 bits per heavy atom. The van der Waals surface area contributed by atoms with Crippen LogP contribution in [0.25, 0.3) is 11.0 Å². The first-order valence-electron chi connectivity index (χ1n) is 11.8. The van der Waals surface area contributed by atoms with Crippen molar-refractivity contribution in [3.63, 3.8) is 0 Å². The third kappa shape index (κ3) is 3.78. The highest BCUT2D eigenvalue weighted by molar-refractivity contribution is 5.78. The van der Waals surface area contributed by atoms with E-state index in [0.29, 0.717) is 22.4 Å². The standard InChI is InChI=1S/C25H28FN7O/c1-3-25(7-4-8-25)33-22-18(13-17(15-27)23(33)34)16-28-24(30-22)29-19-5-6-21(20(26)14-19)32-11-9-31(2)10-12-32/h5-6,13-14,16H,3-4,7-12H2,1-2H3,(H,28,29,30). The van der Waals surface area contributed by atoms with E-state index in [1.165, 1.54) is 6.07 Å². The topological polar surface area (TPSA) is 90.1 Å². The molecule has 2 aliphatic rings. The van der Waals surface area contributed by atoms with E-state index in [1.807, 2.05) is 12.1 Å². The Bertz CT molecular complexity index is 1330. The van der Waals surface area contributed by atoms with Gasteiger partial charge in [0.15, 0.2) is 0 Å². The zero-order valence-corrected chi connectivity index (χ0v) is 19.5. The first-order chi connectivity index (χ1) is 16.4. The largest absolute Gasteiger partial charge is 0.367 e. The summed E-state index contributed by atoms with van der Waals surface area (Å²) in [7, 11) is 2.07. The number of nitrogens with zero attached hydrogens (tertiary/aromatic N) is 6. The molecule has 34 heavy (non-hydrogen) atoms. The van der Waals surface area contributed by atoms with E-state index >= 15 is 0 Å². The van der Waals surface area contributed by atoms with E-state index in [1.54, 1.807) is 22.9 Å². The van der Waals surface area contributed by atoms with Crippen molar-refractivity contribution in [1.29, 1.82) is 5.26 Å². The van der Waals surface area contributed by atoms with Gasteiger partial charge in [-0.25, -0.2) is 9.37 Å². The van der Waals surface area contributed by atoms with Crippen LogP contribution < -0.4 is 15.8 Å². The van der Waals surface area contributed by atoms with Crippen LogP contribution in [0.5, 0.6) is 0 Å². The number of likely N-dealkylation sites (N-methyl/N-ethyl adjacent to an activating group) is 1. The second-order valence-corrected chi connectivity index (χ2v) is 9.30. The predicted octanol–water partition coefficient (Wildman–Crippen LogP) is 3.59. The van der Waals surface area contributed by atoms with Crippen LogP contribution in [0.4, 0.5) is 21.7 Å². The predicted molar refractivity (Wildman–Crippen MR) is 130 cm³/mol. The first kappa shape index (κ1) is 22.3. The van der Waals surface area contributed by atoms with Gasteiger partial charge in [0.25, 0.3) is 5.56 Å². The smallest absolute Gasteiger partial charge is 0.270 e. The number of aromatic nitrogens is 3. The summed E-state index contributed by atoms with van der Waals surface area (Å²) in [5, 5.41) is 13.2. The number of pyridine rings is 1. The molecule has 1 aliphatic carbocycles. The molecule has 1 aromatic carbocycles. The SMILES string of the molecule is CCC1(n2c(=O)c(C#N)cc3cnc(Nc4ccc(N5CCN(C)CC5)c(F)c4)nc32)CCC1. The van der Waals surface area contributed by atoms with Gasteiger partial charge in [-0.2, -0.15) is 10.2 Å². The Kier molecular flexibility index (Phi) is 5.70. The third-order valence-corrected chi connectivity index (χ3v) is 7.33. The summed E-state index contributed by atoms with van der Waals surface area (Å²) in [4.78, 5) is 26.4. The van der Waals surface area contributed by atoms with Gasteiger partial charge < -0.3 is 15.1 Å². The number of fused-ring (bicyclic) bond motifs is 1. The van der Waals surface area contributed by atoms with Crippen LogP contribution in [0.1, 0.15) is 38.2 Å². The molecular weight excluding hydrogens is 433 g/mol.